The van der Waals surface area contributed by atoms with E-state index in [1.807, 2.05) is 0 Å². The summed E-state index contributed by atoms with van der Waals surface area (Å²) in [6.07, 6.45) is -19.5. The molecule has 1 fully saturated rings. The molecule has 40 heavy (non-hydrogen) atoms. The third kappa shape index (κ3) is 14.5. The largest absolute Gasteiger partial charge is 0.481 e. The maximum atomic E-state index is 12.2. The van der Waals surface area contributed by atoms with Gasteiger partial charge in [-0.15, -0.1) is 0 Å². The quantitative estimate of drug-likeness (QED) is 0.0788. The minimum atomic E-state index is -6.43. The van der Waals surface area contributed by atoms with Crippen LogP contribution in [0.15, 0.2) is 0 Å². The molecule has 1 aliphatic carbocycles. The summed E-state index contributed by atoms with van der Waals surface area (Å²) in [7, 11) is -43.1. The number of phosphoric acid groups is 7. The highest BCUT2D eigenvalue weighted by atomic mass is 31.3. The fraction of sp³-hybridized carbons (Fsp3) is 1.00. The Hall–Kier alpha value is 0.810. The van der Waals surface area contributed by atoms with Crippen molar-refractivity contribution < 1.29 is 127 Å². The molecule has 0 bridgehead atoms. The predicted molar refractivity (Wildman–Crippen MR) is 112 cm³/mol. The molecule has 0 aromatic carbocycles. The van der Waals surface area contributed by atoms with Gasteiger partial charge in [0.25, 0.3) is 0 Å². The Labute approximate surface area is 219 Å². The van der Waals surface area contributed by atoms with Crippen LogP contribution in [0.3, 0.4) is 0 Å². The zero-order valence-electron chi connectivity index (χ0n) is 18.1. The summed E-state index contributed by atoms with van der Waals surface area (Å²) in [5, 5.41) is 10.5. The van der Waals surface area contributed by atoms with Crippen molar-refractivity contribution in [2.45, 2.75) is 36.6 Å². The van der Waals surface area contributed by atoms with Gasteiger partial charge in [-0.1, -0.05) is 0 Å². The van der Waals surface area contributed by atoms with Gasteiger partial charge in [0.1, 0.15) is 36.6 Å². The molecule has 8 atom stereocenters. The van der Waals surface area contributed by atoms with Crippen LogP contribution >= 0.6 is 54.8 Å². The van der Waals surface area contributed by atoms with Crippen molar-refractivity contribution in [2.24, 2.45) is 0 Å². The molecule has 0 aliphatic heterocycles. The van der Waals surface area contributed by atoms with E-state index in [0.29, 0.717) is 0 Å². The summed E-state index contributed by atoms with van der Waals surface area (Å²) >= 11 is 0. The number of rotatable bonds is 14. The van der Waals surface area contributed by atoms with Crippen LogP contribution in [0.5, 0.6) is 0 Å². The third-order valence-corrected chi connectivity index (χ3v) is 9.60. The van der Waals surface area contributed by atoms with E-state index in [0.717, 1.165) is 0 Å². The van der Waals surface area contributed by atoms with E-state index in [1.165, 1.54) is 0 Å². The molecule has 0 aromatic rings. The van der Waals surface area contributed by atoms with Crippen molar-refractivity contribution in [3.8, 4) is 0 Å². The van der Waals surface area contributed by atoms with Crippen molar-refractivity contribution >= 4 is 54.8 Å². The molecule has 13 N–H and O–H groups in total. The van der Waals surface area contributed by atoms with Gasteiger partial charge in [0, 0.05) is 0 Å². The first-order chi connectivity index (χ1) is 17.3. The van der Waals surface area contributed by atoms with E-state index < -0.39 is 91.4 Å². The van der Waals surface area contributed by atoms with Crippen molar-refractivity contribution in [1.82, 2.24) is 0 Å². The first-order valence-corrected chi connectivity index (χ1v) is 19.4. The molecule has 240 valence electrons. The predicted octanol–water partition coefficient (Wildman–Crippen LogP) is -3.02. The fourth-order valence-electron chi connectivity index (χ4n) is 2.83. The highest BCUT2D eigenvalue weighted by molar-refractivity contribution is 7.61. The van der Waals surface area contributed by atoms with Gasteiger partial charge >= 0.3 is 54.8 Å². The van der Waals surface area contributed by atoms with Gasteiger partial charge in [0.2, 0.25) is 0 Å². The molecule has 1 aliphatic rings. The lowest BCUT2D eigenvalue weighted by molar-refractivity contribution is -0.205. The smallest absolute Gasteiger partial charge is 0.387 e. The molecule has 1 rings (SSSR count). The van der Waals surface area contributed by atoms with Crippen molar-refractivity contribution in [3.63, 3.8) is 0 Å². The summed E-state index contributed by atoms with van der Waals surface area (Å²) in [5.74, 6) is 0. The first kappa shape index (κ1) is 38.8. The van der Waals surface area contributed by atoms with Crippen LogP contribution in [0.1, 0.15) is 0 Å². The lowest BCUT2D eigenvalue weighted by atomic mass is 9.85. The van der Waals surface area contributed by atoms with Gasteiger partial charge in [-0.2, -0.15) is 8.62 Å². The van der Waals surface area contributed by atoms with Crippen LogP contribution in [0.25, 0.3) is 0 Å². The Bertz CT molecular complexity index is 1230. The molecule has 34 heteroatoms. The van der Waals surface area contributed by atoms with Gasteiger partial charge in [0.05, 0.1) is 0 Å². The fourth-order valence-corrected chi connectivity index (χ4v) is 8.07. The number of hydrogen-bond donors (Lipinski definition) is 13. The maximum Gasteiger partial charge on any atom is 0.481 e. The highest BCUT2D eigenvalue weighted by Gasteiger charge is 2.61. The Morgan fingerprint density at radius 1 is 0.350 bits per heavy atom. The Morgan fingerprint density at radius 3 is 0.825 bits per heavy atom. The molecule has 2 unspecified atom stereocenters. The number of aliphatic hydroxyl groups is 1. The lowest BCUT2D eigenvalue weighted by Gasteiger charge is -2.47. The van der Waals surface area contributed by atoms with E-state index in [-0.39, 0.29) is 0 Å². The van der Waals surface area contributed by atoms with E-state index in [2.05, 4.69) is 31.2 Å². The number of aliphatic hydroxyl groups excluding tert-OH is 1. The SMILES string of the molecule is O=P(O)(O)O[C@@H]1[C@H](OP(=O)(O)OP(=O)(O)O)[C@@H](OP(=O)(O)OP(=O)(O)O)[C@H](OP(=O)(O)O)[C@@H](O)[C@@H]1OP(=O)(O)O. The van der Waals surface area contributed by atoms with Crippen LogP contribution in [0, 0.1) is 0 Å². The lowest BCUT2D eigenvalue weighted by Crippen LogP contribution is -2.66. The molecule has 0 spiro atoms. The average Bonchev–Trinajstić information content (AvgIpc) is 2.57. The Kier molecular flexibility index (Phi) is 12.7. The molecule has 0 saturated heterocycles. The normalized spacial score (nSPS) is 30.4. The molecule has 0 amide bonds. The van der Waals surface area contributed by atoms with Crippen LogP contribution in [-0.4, -0.2) is 100 Å². The Balaban J connectivity index is 3.98. The molecular weight excluding hydrogens is 721 g/mol. The topological polar surface area (TPSA) is 447 Å². The van der Waals surface area contributed by atoms with E-state index in [1.54, 1.807) is 0 Å². The third-order valence-electron chi connectivity index (χ3n) is 3.67. The minimum absolute atomic E-state index is 3.13. The van der Waals surface area contributed by atoms with Crippen molar-refractivity contribution in [2.75, 3.05) is 0 Å². The van der Waals surface area contributed by atoms with Gasteiger partial charge in [-0.05, 0) is 0 Å². The van der Waals surface area contributed by atoms with Gasteiger partial charge < -0.3 is 63.8 Å². The van der Waals surface area contributed by atoms with Crippen molar-refractivity contribution in [1.29, 1.82) is 0 Å². The highest BCUT2D eigenvalue weighted by Crippen LogP contribution is 2.63. The Morgan fingerprint density at radius 2 is 0.575 bits per heavy atom. The summed E-state index contributed by atoms with van der Waals surface area (Å²) in [4.78, 5) is 109. The first-order valence-electron chi connectivity index (χ1n) is 8.76. The zero-order valence-corrected chi connectivity index (χ0v) is 24.4. The zero-order chi connectivity index (χ0) is 31.9. The van der Waals surface area contributed by atoms with Crippen LogP contribution in [0.4, 0.5) is 0 Å². The molecule has 27 nitrogen and oxygen atoms in total. The molecule has 0 radical (unpaired) electrons. The van der Waals surface area contributed by atoms with Crippen molar-refractivity contribution in [3.05, 3.63) is 0 Å². The van der Waals surface area contributed by atoms with Crippen LogP contribution < -0.4 is 0 Å². The molecule has 0 aromatic heterocycles. The van der Waals surface area contributed by atoms with E-state index in [9.17, 15) is 56.6 Å². The van der Waals surface area contributed by atoms with E-state index in [4.69, 9.17) is 39.1 Å². The summed E-state index contributed by atoms with van der Waals surface area (Å²) in [5.41, 5.74) is 0. The van der Waals surface area contributed by atoms with Gasteiger partial charge in [0.15, 0.2) is 0 Å². The molecule has 0 heterocycles. The average molecular weight is 740 g/mol. The summed E-state index contributed by atoms with van der Waals surface area (Å²) in [6.45, 7) is 0. The summed E-state index contributed by atoms with van der Waals surface area (Å²) < 4.78 is 108. The molecule has 1 saturated carbocycles. The number of phosphoric ester groups is 5. The van der Waals surface area contributed by atoms with Crippen LogP contribution in [0.2, 0.25) is 0 Å². The summed E-state index contributed by atoms with van der Waals surface area (Å²) in [6, 6.07) is 0. The maximum absolute atomic E-state index is 12.2. The van der Waals surface area contributed by atoms with Gasteiger partial charge in [-0.25, -0.2) is 32.0 Å². The van der Waals surface area contributed by atoms with E-state index >= 15 is 0 Å². The van der Waals surface area contributed by atoms with Gasteiger partial charge in [-0.3, -0.25) is 22.6 Å². The number of hydrogen-bond acceptors (Lipinski definition) is 15. The second-order valence-corrected chi connectivity index (χ2v) is 16.0. The molecular formula is C6H19O27P7. The second kappa shape index (κ2) is 13.0. The van der Waals surface area contributed by atoms with Crippen LogP contribution in [-0.2, 0) is 63.2 Å². The second-order valence-electron chi connectivity index (χ2n) is 6.89. The standard InChI is InChI=1S/C6H19O27P7/c7-1-2(27-34(8,9)10)4(29-36(14,15)16)6(31-40(25,26)33-38(20,21)22)5(3(1)28-35(11,12)13)30-39(23,24)32-37(17,18)19/h1-7H,(H,23,24)(H,25,26)(H2,8,9,10)(H2,11,12,13)(H2,14,15,16)(H2,17,18,19)(H2,20,21,22)/t1-,2-,3+,4-,5-,6-/m0/s1. The monoisotopic (exact) mass is 740 g/mol. The minimum Gasteiger partial charge on any atom is -0.387 e.